The number of likely N-dealkylation sites (N-methyl/N-ethyl adjacent to an activating group) is 1. The second kappa shape index (κ2) is 13.4. The zero-order valence-electron chi connectivity index (χ0n) is 26.6. The number of nitrogens with one attached hydrogen (secondary N) is 2. The molecule has 238 valence electrons. The first-order valence-corrected chi connectivity index (χ1v) is 15.9. The van der Waals surface area contributed by atoms with Crippen LogP contribution < -0.4 is 20.4 Å². The third-order valence-corrected chi connectivity index (χ3v) is 9.00. The molecule has 3 fully saturated rings. The van der Waals surface area contributed by atoms with Gasteiger partial charge in [0.05, 0.1) is 19.3 Å². The monoisotopic (exact) mass is 613 g/mol. The van der Waals surface area contributed by atoms with Gasteiger partial charge in [0.25, 0.3) is 5.91 Å². The van der Waals surface area contributed by atoms with Crippen molar-refractivity contribution >= 4 is 35.2 Å². The van der Waals surface area contributed by atoms with Gasteiger partial charge in [0.2, 0.25) is 11.9 Å². The number of rotatable bonds is 6. The first-order chi connectivity index (χ1) is 21.7. The Hall–Kier alpha value is -4.29. The Morgan fingerprint density at radius 2 is 1.36 bits per heavy atom. The fraction of sp³-hybridized carbons (Fsp3) is 0.485. The minimum atomic E-state index is -0.371. The second-order valence-electron chi connectivity index (χ2n) is 12.4. The first kappa shape index (κ1) is 30.7. The predicted molar refractivity (Wildman–Crippen MR) is 176 cm³/mol. The van der Waals surface area contributed by atoms with Gasteiger partial charge in [-0.25, -0.2) is 4.79 Å². The van der Waals surface area contributed by atoms with E-state index < -0.39 is 0 Å². The summed E-state index contributed by atoms with van der Waals surface area (Å²) in [7, 11) is 2.06. The molecule has 3 aromatic rings. The smallest absolute Gasteiger partial charge is 0.323 e. The molecule has 0 bridgehead atoms. The lowest BCUT2D eigenvalue weighted by Gasteiger charge is -2.34. The van der Waals surface area contributed by atoms with Gasteiger partial charge in [0.15, 0.2) is 5.82 Å². The number of morpholine rings is 1. The van der Waals surface area contributed by atoms with Crippen molar-refractivity contribution in [2.24, 2.45) is 0 Å². The number of nitrogens with zero attached hydrogens (tertiary/aromatic N) is 7. The molecule has 12 nitrogen and oxygen atoms in total. The normalized spacial score (nSPS) is 22.4. The number of carbonyl (C=O) groups excluding carboxylic acids is 2. The van der Waals surface area contributed by atoms with Crippen molar-refractivity contribution in [3.63, 3.8) is 0 Å². The largest absolute Gasteiger partial charge is 0.377 e. The van der Waals surface area contributed by atoms with Crippen molar-refractivity contribution in [3.8, 4) is 11.4 Å². The zero-order valence-corrected chi connectivity index (χ0v) is 26.6. The van der Waals surface area contributed by atoms with Crippen molar-refractivity contribution < 1.29 is 14.3 Å². The topological polar surface area (TPSA) is 119 Å². The number of aromatic nitrogens is 3. The second-order valence-corrected chi connectivity index (χ2v) is 12.4. The molecule has 3 amide bonds. The van der Waals surface area contributed by atoms with Crippen molar-refractivity contribution in [1.29, 1.82) is 0 Å². The number of anilines is 4. The third-order valence-electron chi connectivity index (χ3n) is 9.00. The van der Waals surface area contributed by atoms with Crippen LogP contribution in [0, 0.1) is 0 Å². The quantitative estimate of drug-likeness (QED) is 0.422. The van der Waals surface area contributed by atoms with Crippen LogP contribution in [-0.2, 0) is 4.74 Å². The van der Waals surface area contributed by atoms with Crippen LogP contribution >= 0.6 is 0 Å². The van der Waals surface area contributed by atoms with Gasteiger partial charge >= 0.3 is 6.03 Å². The summed E-state index contributed by atoms with van der Waals surface area (Å²) in [5.74, 6) is 1.97. The summed E-state index contributed by atoms with van der Waals surface area (Å²) in [4.78, 5) is 48.9. The molecule has 0 spiro atoms. The minimum Gasteiger partial charge on any atom is -0.377 e. The predicted octanol–water partition coefficient (Wildman–Crippen LogP) is 4.17. The summed E-state index contributed by atoms with van der Waals surface area (Å²) >= 11 is 0. The SMILES string of the molecule is C[C@@H]1COCCN1c1nc(-c2ccc(NC(=O)Nc3ccc(C(=O)N4CCN(C)CC4)cc3)cc2)nc(N2[C@H](C)CC[C@@H]2C)n1. The molecule has 0 saturated carbocycles. The van der Waals surface area contributed by atoms with Crippen LogP contribution in [0.1, 0.15) is 44.0 Å². The maximum Gasteiger partial charge on any atom is 0.323 e. The Kier molecular flexibility index (Phi) is 9.13. The van der Waals surface area contributed by atoms with E-state index >= 15 is 0 Å². The van der Waals surface area contributed by atoms with E-state index in [9.17, 15) is 9.59 Å². The van der Waals surface area contributed by atoms with Gasteiger partial charge < -0.3 is 35.0 Å². The Bertz CT molecular complexity index is 1480. The zero-order chi connectivity index (χ0) is 31.5. The molecule has 3 aliphatic rings. The number of ether oxygens (including phenoxy) is 1. The lowest BCUT2D eigenvalue weighted by Crippen LogP contribution is -2.47. The number of hydrogen-bond donors (Lipinski definition) is 2. The average molecular weight is 614 g/mol. The summed E-state index contributed by atoms with van der Waals surface area (Å²) < 4.78 is 5.66. The van der Waals surface area contributed by atoms with Crippen molar-refractivity contribution in [2.45, 2.75) is 51.7 Å². The molecule has 2 aromatic carbocycles. The van der Waals surface area contributed by atoms with E-state index in [1.54, 1.807) is 24.3 Å². The van der Waals surface area contributed by atoms with E-state index in [1.807, 2.05) is 29.2 Å². The molecular weight excluding hydrogens is 570 g/mol. The molecule has 6 rings (SSSR count). The van der Waals surface area contributed by atoms with Gasteiger partial charge in [-0.05, 0) is 89.2 Å². The van der Waals surface area contributed by atoms with Gasteiger partial charge in [-0.1, -0.05) is 0 Å². The Morgan fingerprint density at radius 1 is 0.756 bits per heavy atom. The molecule has 4 heterocycles. The van der Waals surface area contributed by atoms with Crippen molar-refractivity contribution in [1.82, 2.24) is 24.8 Å². The summed E-state index contributed by atoms with van der Waals surface area (Å²) in [5.41, 5.74) is 2.69. The highest BCUT2D eigenvalue weighted by Gasteiger charge is 2.32. The van der Waals surface area contributed by atoms with Gasteiger partial charge in [-0.15, -0.1) is 0 Å². The maximum atomic E-state index is 12.8. The molecule has 3 aliphatic heterocycles. The number of amides is 3. The Balaban J connectivity index is 1.13. The molecule has 3 atom stereocenters. The first-order valence-electron chi connectivity index (χ1n) is 15.9. The number of carbonyl (C=O) groups is 2. The maximum absolute atomic E-state index is 12.8. The van der Waals surface area contributed by atoms with Crippen LogP contribution in [0.3, 0.4) is 0 Å². The van der Waals surface area contributed by atoms with Crippen LogP contribution in [-0.4, -0.2) is 108 Å². The van der Waals surface area contributed by atoms with E-state index in [4.69, 9.17) is 19.7 Å². The Labute approximate surface area is 264 Å². The summed E-state index contributed by atoms with van der Waals surface area (Å²) in [6.07, 6.45) is 2.21. The lowest BCUT2D eigenvalue weighted by atomic mass is 10.1. The molecule has 3 saturated heterocycles. The number of urea groups is 1. The van der Waals surface area contributed by atoms with E-state index in [-0.39, 0.29) is 18.0 Å². The van der Waals surface area contributed by atoms with E-state index in [0.717, 1.165) is 51.1 Å². The highest BCUT2D eigenvalue weighted by molar-refractivity contribution is 6.00. The van der Waals surface area contributed by atoms with E-state index in [1.165, 1.54) is 0 Å². The van der Waals surface area contributed by atoms with Crippen LogP contribution in [0.4, 0.5) is 28.1 Å². The van der Waals surface area contributed by atoms with Crippen LogP contribution in [0.2, 0.25) is 0 Å². The summed E-state index contributed by atoms with van der Waals surface area (Å²) in [6, 6.07) is 15.0. The summed E-state index contributed by atoms with van der Waals surface area (Å²) in [6.45, 7) is 11.7. The van der Waals surface area contributed by atoms with Crippen molar-refractivity contribution in [3.05, 3.63) is 54.1 Å². The molecule has 0 unspecified atom stereocenters. The lowest BCUT2D eigenvalue weighted by molar-refractivity contribution is 0.0664. The molecule has 2 N–H and O–H groups in total. The fourth-order valence-corrected chi connectivity index (χ4v) is 6.22. The molecule has 12 heteroatoms. The summed E-state index contributed by atoms with van der Waals surface area (Å²) in [5, 5.41) is 5.73. The van der Waals surface area contributed by atoms with Crippen LogP contribution in [0.15, 0.2) is 48.5 Å². The fourth-order valence-electron chi connectivity index (χ4n) is 6.22. The third kappa shape index (κ3) is 7.02. The molecule has 0 aliphatic carbocycles. The highest BCUT2D eigenvalue weighted by atomic mass is 16.5. The highest BCUT2D eigenvalue weighted by Crippen LogP contribution is 2.31. The molecule has 1 aromatic heterocycles. The minimum absolute atomic E-state index is 0.0144. The van der Waals surface area contributed by atoms with Crippen LogP contribution in [0.5, 0.6) is 0 Å². The van der Waals surface area contributed by atoms with Gasteiger partial charge in [-0.2, -0.15) is 15.0 Å². The van der Waals surface area contributed by atoms with E-state index in [2.05, 4.69) is 53.2 Å². The molecule has 45 heavy (non-hydrogen) atoms. The van der Waals surface area contributed by atoms with Gasteiger partial charge in [0, 0.05) is 67.3 Å². The molecule has 0 radical (unpaired) electrons. The number of hydrogen-bond acceptors (Lipinski definition) is 9. The van der Waals surface area contributed by atoms with E-state index in [0.29, 0.717) is 60.0 Å². The number of piperazine rings is 1. The van der Waals surface area contributed by atoms with Gasteiger partial charge in [0.1, 0.15) is 0 Å². The molecular formula is C33H43N9O3. The van der Waals surface area contributed by atoms with Gasteiger partial charge in [-0.3, -0.25) is 4.79 Å². The average Bonchev–Trinajstić information content (AvgIpc) is 3.39. The standard InChI is InChI=1S/C33H43N9O3/c1-22-5-6-23(2)42(22)32-37-29(36-31(38-32)41-19-20-45-21-24(41)3)25-7-11-27(12-8-25)34-33(44)35-28-13-9-26(10-14-28)30(43)40-17-15-39(4)16-18-40/h7-14,22-24H,5-6,15-21H2,1-4H3,(H2,34,35,44)/t22-,23+,24-/m1/s1. The Morgan fingerprint density at radius 3 is 1.98 bits per heavy atom. The van der Waals surface area contributed by atoms with Crippen molar-refractivity contribution in [2.75, 3.05) is 73.4 Å². The van der Waals surface area contributed by atoms with Crippen LogP contribution in [0.25, 0.3) is 11.4 Å². The number of benzene rings is 2.